The maximum Gasteiger partial charge on any atom is 0.339 e. The van der Waals surface area contributed by atoms with Gasteiger partial charge in [0.15, 0.2) is 0 Å². The molecule has 0 bridgehead atoms. The highest BCUT2D eigenvalue weighted by molar-refractivity contribution is 6.11. The van der Waals surface area contributed by atoms with Crippen molar-refractivity contribution >= 4 is 17.6 Å². The first-order valence-corrected chi connectivity index (χ1v) is 9.13. The number of benzene rings is 3. The fraction of sp³-hybridized carbons (Fsp3) is 0.167. The summed E-state index contributed by atoms with van der Waals surface area (Å²) in [6.07, 6.45) is 0. The second-order valence-corrected chi connectivity index (χ2v) is 6.75. The summed E-state index contributed by atoms with van der Waals surface area (Å²) < 4.78 is 5.52. The van der Waals surface area contributed by atoms with E-state index in [0.717, 1.165) is 22.4 Å². The van der Waals surface area contributed by atoms with E-state index in [4.69, 9.17) is 4.74 Å². The van der Waals surface area contributed by atoms with Crippen molar-refractivity contribution < 1.29 is 14.3 Å². The lowest BCUT2D eigenvalue weighted by Gasteiger charge is -2.19. The van der Waals surface area contributed by atoms with Gasteiger partial charge in [-0.3, -0.25) is 4.79 Å². The minimum absolute atomic E-state index is 0.170. The monoisotopic (exact) mass is 373 g/mol. The van der Waals surface area contributed by atoms with Crippen molar-refractivity contribution in [3.05, 3.63) is 101 Å². The fourth-order valence-corrected chi connectivity index (χ4v) is 2.97. The molecule has 0 aliphatic heterocycles. The van der Waals surface area contributed by atoms with Crippen LogP contribution >= 0.6 is 0 Å². The van der Waals surface area contributed by atoms with Crippen LogP contribution in [0.5, 0.6) is 0 Å². The molecule has 0 saturated carbocycles. The van der Waals surface area contributed by atoms with Gasteiger partial charge < -0.3 is 9.64 Å². The number of para-hydroxylation sites is 1. The number of anilines is 1. The third-order valence-corrected chi connectivity index (χ3v) is 4.69. The molecule has 0 radical (unpaired) electrons. The SMILES string of the molecule is Cc1ccc(C)c(COC(=O)c2ccccc2C(=O)N(C)c2ccccc2)c1. The molecular formula is C24H23NO3. The molecule has 28 heavy (non-hydrogen) atoms. The van der Waals surface area contributed by atoms with Crippen LogP contribution in [0.3, 0.4) is 0 Å². The van der Waals surface area contributed by atoms with Gasteiger partial charge >= 0.3 is 5.97 Å². The molecule has 3 aromatic carbocycles. The molecule has 0 saturated heterocycles. The number of amides is 1. The summed E-state index contributed by atoms with van der Waals surface area (Å²) in [5.74, 6) is -0.767. The molecule has 4 heteroatoms. The summed E-state index contributed by atoms with van der Waals surface area (Å²) in [4.78, 5) is 27.2. The van der Waals surface area contributed by atoms with Crippen molar-refractivity contribution in [1.82, 2.24) is 0 Å². The standard InChI is InChI=1S/C24H23NO3/c1-17-13-14-18(2)19(15-17)16-28-24(27)22-12-8-7-11-21(22)23(26)25(3)20-9-5-4-6-10-20/h4-15H,16H2,1-3H3. The highest BCUT2D eigenvalue weighted by Gasteiger charge is 2.21. The van der Waals surface area contributed by atoms with E-state index in [1.54, 1.807) is 31.3 Å². The van der Waals surface area contributed by atoms with Crippen molar-refractivity contribution in [1.29, 1.82) is 0 Å². The van der Waals surface area contributed by atoms with Gasteiger partial charge in [0.2, 0.25) is 0 Å². The topological polar surface area (TPSA) is 46.6 Å². The summed E-state index contributed by atoms with van der Waals surface area (Å²) in [6, 6.07) is 22.1. The molecule has 0 spiro atoms. The van der Waals surface area contributed by atoms with E-state index in [1.807, 2.05) is 62.4 Å². The molecular weight excluding hydrogens is 350 g/mol. The summed E-state index contributed by atoms with van der Waals surface area (Å²) in [5.41, 5.74) is 4.47. The Bertz CT molecular complexity index is 996. The van der Waals surface area contributed by atoms with Crippen LogP contribution in [-0.2, 0) is 11.3 Å². The molecule has 0 aliphatic rings. The van der Waals surface area contributed by atoms with Crippen LogP contribution in [0.15, 0.2) is 72.8 Å². The van der Waals surface area contributed by atoms with E-state index >= 15 is 0 Å². The number of nitrogens with zero attached hydrogens (tertiary/aromatic N) is 1. The first kappa shape index (κ1) is 19.4. The Kier molecular flexibility index (Phi) is 5.90. The van der Waals surface area contributed by atoms with Crippen molar-refractivity contribution in [2.24, 2.45) is 0 Å². The van der Waals surface area contributed by atoms with Crippen LogP contribution in [0, 0.1) is 13.8 Å². The highest BCUT2D eigenvalue weighted by atomic mass is 16.5. The molecule has 142 valence electrons. The van der Waals surface area contributed by atoms with Gasteiger partial charge in [0.25, 0.3) is 5.91 Å². The van der Waals surface area contributed by atoms with Crippen LogP contribution in [0.4, 0.5) is 5.69 Å². The lowest BCUT2D eigenvalue weighted by atomic mass is 10.1. The molecule has 0 unspecified atom stereocenters. The number of carbonyl (C=O) groups excluding carboxylic acids is 2. The van der Waals surface area contributed by atoms with E-state index in [1.165, 1.54) is 4.90 Å². The van der Waals surface area contributed by atoms with E-state index in [-0.39, 0.29) is 18.1 Å². The van der Waals surface area contributed by atoms with Gasteiger partial charge in [-0.05, 0) is 49.2 Å². The predicted octanol–water partition coefficient (Wildman–Crippen LogP) is 4.94. The Hall–Kier alpha value is -3.40. The maximum atomic E-state index is 13.0. The summed E-state index contributed by atoms with van der Waals surface area (Å²) in [6.45, 7) is 4.15. The van der Waals surface area contributed by atoms with Crippen LogP contribution in [0.2, 0.25) is 0 Å². The molecule has 4 nitrogen and oxygen atoms in total. The number of hydrogen-bond acceptors (Lipinski definition) is 3. The Morgan fingerprint density at radius 1 is 0.857 bits per heavy atom. The molecule has 0 aliphatic carbocycles. The van der Waals surface area contributed by atoms with Crippen LogP contribution in [0.1, 0.15) is 37.4 Å². The Balaban J connectivity index is 1.80. The molecule has 0 N–H and O–H groups in total. The van der Waals surface area contributed by atoms with Gasteiger partial charge in [0.1, 0.15) is 6.61 Å². The summed E-state index contributed by atoms with van der Waals surface area (Å²) >= 11 is 0. The largest absolute Gasteiger partial charge is 0.457 e. The second kappa shape index (κ2) is 8.53. The quantitative estimate of drug-likeness (QED) is 0.595. The molecule has 3 aromatic rings. The third kappa shape index (κ3) is 4.29. The normalized spacial score (nSPS) is 10.4. The number of carbonyl (C=O) groups is 2. The van der Waals surface area contributed by atoms with Crippen molar-refractivity contribution in [3.63, 3.8) is 0 Å². The molecule has 0 atom stereocenters. The van der Waals surface area contributed by atoms with E-state index in [9.17, 15) is 9.59 Å². The van der Waals surface area contributed by atoms with E-state index in [0.29, 0.717) is 5.56 Å². The first-order chi connectivity index (χ1) is 13.5. The van der Waals surface area contributed by atoms with Gasteiger partial charge in [-0.25, -0.2) is 4.79 Å². The van der Waals surface area contributed by atoms with E-state index < -0.39 is 5.97 Å². The molecule has 1 amide bonds. The van der Waals surface area contributed by atoms with Crippen molar-refractivity contribution in [2.45, 2.75) is 20.5 Å². The maximum absolute atomic E-state index is 13.0. The van der Waals surface area contributed by atoms with Crippen LogP contribution in [-0.4, -0.2) is 18.9 Å². The van der Waals surface area contributed by atoms with Crippen molar-refractivity contribution in [2.75, 3.05) is 11.9 Å². The Labute approximate surface area is 165 Å². The first-order valence-electron chi connectivity index (χ1n) is 9.13. The summed E-state index contributed by atoms with van der Waals surface area (Å²) in [5, 5.41) is 0. The third-order valence-electron chi connectivity index (χ3n) is 4.69. The van der Waals surface area contributed by atoms with Gasteiger partial charge in [-0.2, -0.15) is 0 Å². The zero-order valence-corrected chi connectivity index (χ0v) is 16.3. The second-order valence-electron chi connectivity index (χ2n) is 6.75. The zero-order valence-electron chi connectivity index (χ0n) is 16.3. The molecule has 3 rings (SSSR count). The number of rotatable bonds is 5. The number of ether oxygens (including phenoxy) is 1. The van der Waals surface area contributed by atoms with Gasteiger partial charge in [-0.1, -0.05) is 54.1 Å². The minimum Gasteiger partial charge on any atom is -0.457 e. The van der Waals surface area contributed by atoms with Crippen LogP contribution < -0.4 is 4.90 Å². The number of hydrogen-bond donors (Lipinski definition) is 0. The lowest BCUT2D eigenvalue weighted by molar-refractivity contribution is 0.0469. The predicted molar refractivity (Wildman–Crippen MR) is 111 cm³/mol. The fourth-order valence-electron chi connectivity index (χ4n) is 2.97. The van der Waals surface area contributed by atoms with Crippen LogP contribution in [0.25, 0.3) is 0 Å². The minimum atomic E-state index is -0.508. The number of aryl methyl sites for hydroxylation is 2. The highest BCUT2D eigenvalue weighted by Crippen LogP contribution is 2.19. The average molecular weight is 373 g/mol. The van der Waals surface area contributed by atoms with Gasteiger partial charge in [0, 0.05) is 12.7 Å². The smallest absolute Gasteiger partial charge is 0.339 e. The lowest BCUT2D eigenvalue weighted by Crippen LogP contribution is -2.28. The Morgan fingerprint density at radius 3 is 2.21 bits per heavy atom. The molecule has 0 fully saturated rings. The molecule has 0 heterocycles. The number of esters is 1. The average Bonchev–Trinajstić information content (AvgIpc) is 2.73. The molecule has 0 aromatic heterocycles. The Morgan fingerprint density at radius 2 is 1.50 bits per heavy atom. The van der Waals surface area contributed by atoms with Gasteiger partial charge in [-0.15, -0.1) is 0 Å². The van der Waals surface area contributed by atoms with Crippen molar-refractivity contribution in [3.8, 4) is 0 Å². The summed E-state index contributed by atoms with van der Waals surface area (Å²) in [7, 11) is 1.69. The van der Waals surface area contributed by atoms with E-state index in [2.05, 4.69) is 0 Å². The van der Waals surface area contributed by atoms with Gasteiger partial charge in [0.05, 0.1) is 11.1 Å². The zero-order chi connectivity index (χ0) is 20.1.